The minimum absolute atomic E-state index is 0.200. The molecule has 0 saturated heterocycles. The Labute approximate surface area is 141 Å². The van der Waals surface area contributed by atoms with Crippen LogP contribution in [0, 0.1) is 13.8 Å². The zero-order valence-corrected chi connectivity index (χ0v) is 14.1. The first-order valence-corrected chi connectivity index (χ1v) is 7.84. The molecule has 124 valence electrons. The zero-order valence-electron chi connectivity index (χ0n) is 14.1. The maximum atomic E-state index is 11.5. The predicted molar refractivity (Wildman–Crippen MR) is 92.2 cm³/mol. The van der Waals surface area contributed by atoms with Crippen molar-refractivity contribution in [2.45, 2.75) is 26.9 Å². The van der Waals surface area contributed by atoms with Crippen LogP contribution in [0.4, 0.5) is 0 Å². The fraction of sp³-hybridized carbons (Fsp3) is 0.250. The molecule has 0 aliphatic rings. The van der Waals surface area contributed by atoms with Gasteiger partial charge in [0.25, 0.3) is 0 Å². The monoisotopic (exact) mass is 324 g/mol. The first-order chi connectivity index (χ1) is 11.6. The van der Waals surface area contributed by atoms with E-state index in [1.807, 2.05) is 44.2 Å². The highest BCUT2D eigenvalue weighted by atomic mass is 16.5. The van der Waals surface area contributed by atoms with Crippen molar-refractivity contribution in [1.82, 2.24) is 0 Å². The molecule has 0 aliphatic carbocycles. The molecule has 4 nitrogen and oxygen atoms in total. The second-order valence-electron chi connectivity index (χ2n) is 5.84. The van der Waals surface area contributed by atoms with Gasteiger partial charge >= 0.3 is 5.97 Å². The van der Waals surface area contributed by atoms with Crippen LogP contribution in [0.2, 0.25) is 0 Å². The number of methoxy groups -OCH3 is 1. The van der Waals surface area contributed by atoms with E-state index in [-0.39, 0.29) is 12.4 Å². The largest absolute Gasteiger partial charge is 0.489 e. The molecule has 0 fully saturated rings. The molecule has 0 atom stereocenters. The maximum Gasteiger partial charge on any atom is 0.310 e. The molecule has 0 aliphatic heterocycles. The highest BCUT2D eigenvalue weighted by Crippen LogP contribution is 2.26. The number of fused-ring (bicyclic) bond motifs is 1. The van der Waals surface area contributed by atoms with Crippen molar-refractivity contribution in [2.24, 2.45) is 0 Å². The molecule has 3 aromatic rings. The van der Waals surface area contributed by atoms with Gasteiger partial charge < -0.3 is 13.9 Å². The predicted octanol–water partition coefficient (Wildman–Crippen LogP) is 4.34. The van der Waals surface area contributed by atoms with Crippen molar-refractivity contribution >= 4 is 16.9 Å². The van der Waals surface area contributed by atoms with E-state index >= 15 is 0 Å². The van der Waals surface area contributed by atoms with Crippen molar-refractivity contribution in [1.29, 1.82) is 0 Å². The molecule has 0 unspecified atom stereocenters. The Balaban J connectivity index is 1.80. The Morgan fingerprint density at radius 3 is 2.71 bits per heavy atom. The number of esters is 1. The van der Waals surface area contributed by atoms with E-state index in [0.29, 0.717) is 12.4 Å². The van der Waals surface area contributed by atoms with E-state index in [1.165, 1.54) is 7.11 Å². The molecule has 24 heavy (non-hydrogen) atoms. The number of rotatable bonds is 5. The lowest BCUT2D eigenvalue weighted by Gasteiger charge is -2.11. The smallest absolute Gasteiger partial charge is 0.310 e. The number of para-hydroxylation sites is 1. The van der Waals surface area contributed by atoms with Crippen molar-refractivity contribution in [3.63, 3.8) is 0 Å². The maximum absolute atomic E-state index is 11.5. The molecule has 1 heterocycles. The molecular weight excluding hydrogens is 304 g/mol. The van der Waals surface area contributed by atoms with Crippen molar-refractivity contribution in [3.05, 3.63) is 64.9 Å². The van der Waals surface area contributed by atoms with Crippen LogP contribution in [0.5, 0.6) is 5.75 Å². The molecular formula is C20H20O4. The molecule has 0 amide bonds. The lowest BCUT2D eigenvalue weighted by molar-refractivity contribution is -0.139. The molecule has 3 rings (SSSR count). The van der Waals surface area contributed by atoms with E-state index in [2.05, 4.69) is 12.1 Å². The highest BCUT2D eigenvalue weighted by molar-refractivity contribution is 5.81. The summed E-state index contributed by atoms with van der Waals surface area (Å²) in [7, 11) is 1.39. The Morgan fingerprint density at radius 1 is 1.12 bits per heavy atom. The number of carbonyl (C=O) groups is 1. The summed E-state index contributed by atoms with van der Waals surface area (Å²) in [5.74, 6) is 1.32. The van der Waals surface area contributed by atoms with Gasteiger partial charge in [-0.15, -0.1) is 0 Å². The number of carbonyl (C=O) groups excluding carboxylic acids is 1. The topological polar surface area (TPSA) is 48.7 Å². The quantitative estimate of drug-likeness (QED) is 0.655. The summed E-state index contributed by atoms with van der Waals surface area (Å²) in [5, 5.41) is 1.08. The Hall–Kier alpha value is -2.75. The third-order valence-electron chi connectivity index (χ3n) is 3.91. The van der Waals surface area contributed by atoms with Gasteiger partial charge in [0, 0.05) is 10.9 Å². The van der Waals surface area contributed by atoms with Gasteiger partial charge in [0.1, 0.15) is 23.7 Å². The molecule has 4 heteroatoms. The summed E-state index contributed by atoms with van der Waals surface area (Å²) in [5.41, 5.74) is 3.89. The third kappa shape index (κ3) is 3.43. The SMILES string of the molecule is COC(=O)Cc1ccccc1OCc1cc(C)c2oc(C)cc2c1. The second-order valence-corrected chi connectivity index (χ2v) is 5.84. The van der Waals surface area contributed by atoms with Crippen molar-refractivity contribution < 1.29 is 18.7 Å². The number of benzene rings is 2. The summed E-state index contributed by atoms with van der Waals surface area (Å²) in [4.78, 5) is 11.5. The van der Waals surface area contributed by atoms with Crippen LogP contribution in [0.1, 0.15) is 22.5 Å². The number of hydrogen-bond donors (Lipinski definition) is 0. The Morgan fingerprint density at radius 2 is 1.92 bits per heavy atom. The summed E-state index contributed by atoms with van der Waals surface area (Å²) < 4.78 is 16.4. The fourth-order valence-corrected chi connectivity index (χ4v) is 2.80. The molecule has 0 radical (unpaired) electrons. The molecule has 0 bridgehead atoms. The summed E-state index contributed by atoms with van der Waals surface area (Å²) >= 11 is 0. The van der Waals surface area contributed by atoms with Crippen molar-refractivity contribution in [3.8, 4) is 5.75 Å². The highest BCUT2D eigenvalue weighted by Gasteiger charge is 2.10. The Bertz CT molecular complexity index is 876. The van der Waals surface area contributed by atoms with Gasteiger partial charge in [-0.05, 0) is 49.2 Å². The molecule has 0 spiro atoms. The van der Waals surface area contributed by atoms with Gasteiger partial charge in [-0.3, -0.25) is 4.79 Å². The van der Waals surface area contributed by atoms with E-state index in [1.54, 1.807) is 0 Å². The van der Waals surface area contributed by atoms with Gasteiger partial charge in [-0.2, -0.15) is 0 Å². The van der Waals surface area contributed by atoms with E-state index < -0.39 is 0 Å². The van der Waals surface area contributed by atoms with Crippen LogP contribution in [0.15, 0.2) is 46.9 Å². The lowest BCUT2D eigenvalue weighted by atomic mass is 10.1. The lowest BCUT2D eigenvalue weighted by Crippen LogP contribution is -2.06. The number of furan rings is 1. The fourth-order valence-electron chi connectivity index (χ4n) is 2.80. The van der Waals surface area contributed by atoms with Gasteiger partial charge in [0.2, 0.25) is 0 Å². The van der Waals surface area contributed by atoms with Crippen LogP contribution >= 0.6 is 0 Å². The van der Waals surface area contributed by atoms with E-state index in [9.17, 15) is 4.79 Å². The van der Waals surface area contributed by atoms with Gasteiger partial charge in [-0.25, -0.2) is 0 Å². The van der Waals surface area contributed by atoms with Crippen LogP contribution in [0.25, 0.3) is 11.0 Å². The van der Waals surface area contributed by atoms with Crippen LogP contribution in [-0.4, -0.2) is 13.1 Å². The molecule has 2 aromatic carbocycles. The molecule has 1 aromatic heterocycles. The normalized spacial score (nSPS) is 10.8. The van der Waals surface area contributed by atoms with Gasteiger partial charge in [0.15, 0.2) is 0 Å². The minimum Gasteiger partial charge on any atom is -0.489 e. The average molecular weight is 324 g/mol. The van der Waals surface area contributed by atoms with E-state index in [0.717, 1.165) is 33.4 Å². The number of hydrogen-bond acceptors (Lipinski definition) is 4. The first kappa shape index (κ1) is 16.1. The zero-order chi connectivity index (χ0) is 17.1. The number of ether oxygens (including phenoxy) is 2. The summed E-state index contributed by atoms with van der Waals surface area (Å²) in [6.45, 7) is 4.40. The van der Waals surface area contributed by atoms with Crippen LogP contribution in [0.3, 0.4) is 0 Å². The van der Waals surface area contributed by atoms with Crippen LogP contribution < -0.4 is 4.74 Å². The van der Waals surface area contributed by atoms with E-state index in [4.69, 9.17) is 13.9 Å². The Kier molecular flexibility index (Phi) is 4.56. The van der Waals surface area contributed by atoms with Crippen molar-refractivity contribution in [2.75, 3.05) is 7.11 Å². The molecule has 0 N–H and O–H groups in total. The first-order valence-electron chi connectivity index (χ1n) is 7.84. The summed E-state index contributed by atoms with van der Waals surface area (Å²) in [6.07, 6.45) is 0.200. The standard InChI is InChI=1S/C20H20O4/c1-13-8-15(10-17-9-14(2)24-20(13)17)12-23-18-7-5-4-6-16(18)11-19(21)22-3/h4-10H,11-12H2,1-3H3. The number of aryl methyl sites for hydroxylation is 2. The average Bonchev–Trinajstić information content (AvgIpc) is 2.95. The molecule has 0 saturated carbocycles. The summed E-state index contributed by atoms with van der Waals surface area (Å²) in [6, 6.07) is 13.7. The van der Waals surface area contributed by atoms with Gasteiger partial charge in [0.05, 0.1) is 13.5 Å². The van der Waals surface area contributed by atoms with Crippen LogP contribution in [-0.2, 0) is 22.6 Å². The second kappa shape index (κ2) is 6.79. The van der Waals surface area contributed by atoms with Gasteiger partial charge in [-0.1, -0.05) is 18.2 Å². The third-order valence-corrected chi connectivity index (χ3v) is 3.91. The minimum atomic E-state index is -0.280.